The molecular formula is C11H18N4OS2. The molecule has 2 rings (SSSR count). The van der Waals surface area contributed by atoms with Crippen molar-refractivity contribution in [1.29, 1.82) is 0 Å². The number of aromatic nitrogens is 1. The number of thiazole rings is 1. The highest BCUT2D eigenvalue weighted by Crippen LogP contribution is 2.30. The van der Waals surface area contributed by atoms with Gasteiger partial charge >= 0.3 is 0 Å². The number of thioether (sulfide) groups is 1. The van der Waals surface area contributed by atoms with Gasteiger partial charge < -0.3 is 0 Å². The molecule has 100 valence electrons. The molecule has 0 atom stereocenters. The number of hydrogen-bond donors (Lipinski definition) is 2. The van der Waals surface area contributed by atoms with Crippen molar-refractivity contribution in [2.45, 2.75) is 25.1 Å². The van der Waals surface area contributed by atoms with Gasteiger partial charge in [0, 0.05) is 35.5 Å². The molecule has 1 aromatic rings. The standard InChI is InChI=1S/C11H18N4OS2/c1-11(2)7-15(3-4-18-11)5-8-6-17-10(13-8)9(16)14-12/h6H,3-5,7,12H2,1-2H3,(H,14,16). The van der Waals surface area contributed by atoms with E-state index in [9.17, 15) is 4.79 Å². The molecular weight excluding hydrogens is 268 g/mol. The molecule has 0 spiro atoms. The van der Waals surface area contributed by atoms with Crippen LogP contribution in [0.5, 0.6) is 0 Å². The number of hydrogen-bond acceptors (Lipinski definition) is 6. The van der Waals surface area contributed by atoms with Crippen molar-refractivity contribution >= 4 is 29.0 Å². The molecule has 5 nitrogen and oxygen atoms in total. The van der Waals surface area contributed by atoms with Crippen LogP contribution in [0, 0.1) is 0 Å². The van der Waals surface area contributed by atoms with Crippen LogP contribution in [0.25, 0.3) is 0 Å². The van der Waals surface area contributed by atoms with E-state index in [0.29, 0.717) is 9.75 Å². The van der Waals surface area contributed by atoms with Gasteiger partial charge in [-0.3, -0.25) is 15.1 Å². The van der Waals surface area contributed by atoms with Crippen LogP contribution in [0.1, 0.15) is 29.3 Å². The van der Waals surface area contributed by atoms with E-state index in [2.05, 4.69) is 29.2 Å². The van der Waals surface area contributed by atoms with Gasteiger partial charge in [0.1, 0.15) is 0 Å². The van der Waals surface area contributed by atoms with E-state index in [1.54, 1.807) is 0 Å². The van der Waals surface area contributed by atoms with Gasteiger partial charge in [0.25, 0.3) is 5.91 Å². The molecule has 1 amide bonds. The van der Waals surface area contributed by atoms with E-state index in [4.69, 9.17) is 5.84 Å². The summed E-state index contributed by atoms with van der Waals surface area (Å²) < 4.78 is 0.297. The van der Waals surface area contributed by atoms with Gasteiger partial charge in [0.05, 0.1) is 5.69 Å². The molecule has 18 heavy (non-hydrogen) atoms. The predicted octanol–water partition coefficient (Wildman–Crippen LogP) is 1.07. The average molecular weight is 286 g/mol. The quantitative estimate of drug-likeness (QED) is 0.494. The molecule has 0 unspecified atom stereocenters. The summed E-state index contributed by atoms with van der Waals surface area (Å²) in [4.78, 5) is 18.0. The highest BCUT2D eigenvalue weighted by atomic mass is 32.2. The second-order valence-electron chi connectivity index (χ2n) is 4.94. The van der Waals surface area contributed by atoms with E-state index < -0.39 is 0 Å². The fourth-order valence-electron chi connectivity index (χ4n) is 2.02. The molecule has 0 radical (unpaired) electrons. The average Bonchev–Trinajstić information content (AvgIpc) is 2.75. The van der Waals surface area contributed by atoms with Crippen molar-refractivity contribution in [3.63, 3.8) is 0 Å². The van der Waals surface area contributed by atoms with Gasteiger partial charge in [-0.25, -0.2) is 10.8 Å². The van der Waals surface area contributed by atoms with Gasteiger partial charge in [-0.2, -0.15) is 11.8 Å². The summed E-state index contributed by atoms with van der Waals surface area (Å²) in [7, 11) is 0. The molecule has 1 saturated heterocycles. The lowest BCUT2D eigenvalue weighted by Gasteiger charge is -2.37. The number of amides is 1. The topological polar surface area (TPSA) is 71.2 Å². The number of nitrogens with two attached hydrogens (primary N) is 1. The Bertz CT molecular complexity index is 432. The maximum absolute atomic E-state index is 11.3. The highest BCUT2D eigenvalue weighted by Gasteiger charge is 2.27. The monoisotopic (exact) mass is 286 g/mol. The van der Waals surface area contributed by atoms with E-state index in [1.165, 1.54) is 11.3 Å². The maximum atomic E-state index is 11.3. The molecule has 0 aromatic carbocycles. The minimum atomic E-state index is -0.319. The van der Waals surface area contributed by atoms with Crippen molar-refractivity contribution in [2.75, 3.05) is 18.8 Å². The summed E-state index contributed by atoms with van der Waals surface area (Å²) in [5.74, 6) is 5.91. The minimum absolute atomic E-state index is 0.297. The van der Waals surface area contributed by atoms with Gasteiger partial charge in [0.2, 0.25) is 0 Å². The number of rotatable bonds is 3. The Balaban J connectivity index is 1.97. The van der Waals surface area contributed by atoms with Crippen LogP contribution in [0.4, 0.5) is 0 Å². The van der Waals surface area contributed by atoms with Crippen LogP contribution in [0.15, 0.2) is 5.38 Å². The van der Waals surface area contributed by atoms with Gasteiger partial charge in [-0.1, -0.05) is 0 Å². The van der Waals surface area contributed by atoms with Crippen molar-refractivity contribution < 1.29 is 4.79 Å². The smallest absolute Gasteiger partial charge is 0.294 e. The van der Waals surface area contributed by atoms with Crippen LogP contribution in [-0.4, -0.2) is 39.4 Å². The molecule has 1 fully saturated rings. The Hall–Kier alpha value is -0.630. The maximum Gasteiger partial charge on any atom is 0.294 e. The van der Waals surface area contributed by atoms with Crippen molar-refractivity contribution in [2.24, 2.45) is 5.84 Å². The summed E-state index contributed by atoms with van der Waals surface area (Å²) in [6.07, 6.45) is 0. The number of nitrogens with one attached hydrogen (secondary N) is 1. The highest BCUT2D eigenvalue weighted by molar-refractivity contribution is 8.00. The fraction of sp³-hybridized carbons (Fsp3) is 0.636. The third-order valence-electron chi connectivity index (χ3n) is 2.77. The zero-order valence-electron chi connectivity index (χ0n) is 10.6. The lowest BCUT2D eigenvalue weighted by molar-refractivity contribution is 0.0953. The summed E-state index contributed by atoms with van der Waals surface area (Å²) in [5, 5.41) is 2.36. The van der Waals surface area contributed by atoms with Crippen LogP contribution >= 0.6 is 23.1 Å². The first-order valence-corrected chi connectivity index (χ1v) is 7.68. The molecule has 1 aromatic heterocycles. The molecule has 0 aliphatic carbocycles. The lowest BCUT2D eigenvalue weighted by Crippen LogP contribution is -2.42. The summed E-state index contributed by atoms with van der Waals surface area (Å²) in [6, 6.07) is 0. The lowest BCUT2D eigenvalue weighted by atomic mass is 10.2. The molecule has 0 bridgehead atoms. The van der Waals surface area contributed by atoms with Crippen LogP contribution in [0.2, 0.25) is 0 Å². The molecule has 3 N–H and O–H groups in total. The first-order chi connectivity index (χ1) is 8.50. The first kappa shape index (κ1) is 13.8. The third-order valence-corrected chi connectivity index (χ3v) is 4.95. The third kappa shape index (κ3) is 3.44. The molecule has 1 aliphatic rings. The van der Waals surface area contributed by atoms with Crippen molar-refractivity contribution in [1.82, 2.24) is 15.3 Å². The number of nitrogens with zero attached hydrogens (tertiary/aromatic N) is 2. The van der Waals surface area contributed by atoms with E-state index in [0.717, 1.165) is 31.1 Å². The molecule has 0 saturated carbocycles. The summed E-state index contributed by atoms with van der Waals surface area (Å²) in [5.41, 5.74) is 3.05. The number of hydrazine groups is 1. The second kappa shape index (κ2) is 5.56. The zero-order chi connectivity index (χ0) is 13.2. The van der Waals surface area contributed by atoms with Crippen LogP contribution < -0.4 is 11.3 Å². The SMILES string of the molecule is CC1(C)CN(Cc2csc(C(=O)NN)n2)CCS1. The molecule has 2 heterocycles. The summed E-state index contributed by atoms with van der Waals surface area (Å²) in [6.45, 7) is 7.45. The second-order valence-corrected chi connectivity index (χ2v) is 7.60. The summed E-state index contributed by atoms with van der Waals surface area (Å²) >= 11 is 3.34. The van der Waals surface area contributed by atoms with E-state index >= 15 is 0 Å². The van der Waals surface area contributed by atoms with E-state index in [1.807, 2.05) is 17.1 Å². The largest absolute Gasteiger partial charge is 0.295 e. The van der Waals surface area contributed by atoms with Crippen molar-refractivity contribution in [3.05, 3.63) is 16.1 Å². The van der Waals surface area contributed by atoms with Crippen LogP contribution in [-0.2, 0) is 6.54 Å². The van der Waals surface area contributed by atoms with Crippen molar-refractivity contribution in [3.8, 4) is 0 Å². The number of carbonyl (C=O) groups excluding carboxylic acids is 1. The Kier molecular flexibility index (Phi) is 4.26. The Morgan fingerprint density at radius 2 is 2.44 bits per heavy atom. The number of nitrogen functional groups attached to an aromatic ring is 1. The number of carbonyl (C=O) groups is 1. The molecule has 7 heteroatoms. The zero-order valence-corrected chi connectivity index (χ0v) is 12.2. The molecule has 1 aliphatic heterocycles. The Labute approximate surface area is 115 Å². The van der Waals surface area contributed by atoms with Gasteiger partial charge in [0.15, 0.2) is 5.01 Å². The minimum Gasteiger partial charge on any atom is -0.295 e. The van der Waals surface area contributed by atoms with Gasteiger partial charge in [-0.05, 0) is 13.8 Å². The predicted molar refractivity (Wildman–Crippen MR) is 75.6 cm³/mol. The first-order valence-electron chi connectivity index (χ1n) is 5.82. The van der Waals surface area contributed by atoms with Crippen LogP contribution in [0.3, 0.4) is 0 Å². The Morgan fingerprint density at radius 1 is 1.67 bits per heavy atom. The Morgan fingerprint density at radius 3 is 3.11 bits per heavy atom. The van der Waals surface area contributed by atoms with Gasteiger partial charge in [-0.15, -0.1) is 11.3 Å². The van der Waals surface area contributed by atoms with E-state index in [-0.39, 0.29) is 5.91 Å². The normalized spacial score (nSPS) is 19.7. The fourth-order valence-corrected chi connectivity index (χ4v) is 3.91.